The third-order valence-electron chi connectivity index (χ3n) is 14.9. The molecule has 0 unspecified atom stereocenters. The Balaban J connectivity index is 0.00000672. The number of benzene rings is 7. The minimum absolute atomic E-state index is 0. The molecule has 1 aliphatic heterocycles. The monoisotopic (exact) mass is 1150 g/mol. The van der Waals surface area contributed by atoms with Crippen LogP contribution in [0.4, 0.5) is 11.4 Å². The van der Waals surface area contributed by atoms with Gasteiger partial charge in [-0.05, 0) is 91.5 Å². The summed E-state index contributed by atoms with van der Waals surface area (Å²) in [5.41, 5.74) is 13.5. The molecule has 3 heterocycles. The number of anilines is 2. The van der Waals surface area contributed by atoms with Gasteiger partial charge in [-0.2, -0.15) is 0 Å². The number of pyridine rings is 1. The molecule has 0 saturated heterocycles. The molecule has 0 bridgehead atoms. The Labute approximate surface area is 455 Å². The quantitative estimate of drug-likeness (QED) is 0.128. The molecular formula is C68H69N4OPt-3. The zero-order valence-corrected chi connectivity index (χ0v) is 47.6. The van der Waals surface area contributed by atoms with Crippen LogP contribution < -0.4 is 14.5 Å². The van der Waals surface area contributed by atoms with Gasteiger partial charge >= 0.3 is 0 Å². The van der Waals surface area contributed by atoms with Gasteiger partial charge in [0.25, 0.3) is 0 Å². The van der Waals surface area contributed by atoms with Gasteiger partial charge in [-0.25, -0.2) is 4.98 Å². The Bertz CT molecular complexity index is 3510. The van der Waals surface area contributed by atoms with E-state index in [1.807, 2.05) is 6.20 Å². The predicted molar refractivity (Wildman–Crippen MR) is 306 cm³/mol. The first-order valence-electron chi connectivity index (χ1n) is 25.8. The molecule has 0 fully saturated rings. The SMILES string of the molecule is CC(C)(C)C1=CN(c2[c-]c(Oc3[c-]c4c(c(C(C)(C)c5ccccc5)c3)c3ccccc3n4-c3cc(C(C)(C)C)ccn3)cc(C(C)(C)C)c2)[CH-]N1c1cc(-c2ccccc2)cc(C(C)(C)c2ccccc2)c1.[Pt]. The fraction of sp³-hybridized carbons (Fsp3) is 0.265. The smallest absolute Gasteiger partial charge is 0.135 e. The predicted octanol–water partition coefficient (Wildman–Crippen LogP) is 17.8. The largest absolute Gasteiger partial charge is 0.509 e. The average Bonchev–Trinajstić information content (AvgIpc) is 3.98. The summed E-state index contributed by atoms with van der Waals surface area (Å²) in [5.74, 6) is 2.08. The number of ether oxygens (including phenoxy) is 1. The van der Waals surface area contributed by atoms with Crippen LogP contribution in [0.1, 0.15) is 123 Å². The Kier molecular flexibility index (Phi) is 13.8. The van der Waals surface area contributed by atoms with Gasteiger partial charge in [-0.3, -0.25) is 0 Å². The van der Waals surface area contributed by atoms with E-state index in [0.29, 0.717) is 11.5 Å². The molecule has 5 nitrogen and oxygen atoms in total. The molecule has 7 aromatic carbocycles. The molecule has 2 aromatic heterocycles. The van der Waals surface area contributed by atoms with Crippen LogP contribution in [0.2, 0.25) is 0 Å². The van der Waals surface area contributed by atoms with Crippen LogP contribution in [0.5, 0.6) is 11.5 Å². The van der Waals surface area contributed by atoms with E-state index in [9.17, 15) is 0 Å². The molecule has 1 aliphatic rings. The van der Waals surface area contributed by atoms with Gasteiger partial charge in [0.2, 0.25) is 0 Å². The van der Waals surface area contributed by atoms with E-state index in [0.717, 1.165) is 50.1 Å². The molecule has 0 spiro atoms. The minimum Gasteiger partial charge on any atom is -0.509 e. The maximum absolute atomic E-state index is 7.20. The molecule has 0 amide bonds. The van der Waals surface area contributed by atoms with Crippen LogP contribution in [0.3, 0.4) is 0 Å². The number of hydrogen-bond acceptors (Lipinski definition) is 4. The van der Waals surface area contributed by atoms with Crippen LogP contribution >= 0.6 is 0 Å². The van der Waals surface area contributed by atoms with E-state index in [4.69, 9.17) is 9.72 Å². The molecule has 0 radical (unpaired) electrons. The summed E-state index contributed by atoms with van der Waals surface area (Å²) in [4.78, 5) is 9.63. The van der Waals surface area contributed by atoms with Crippen molar-refractivity contribution in [1.82, 2.24) is 9.55 Å². The number of fused-ring (bicyclic) bond motifs is 3. The molecule has 74 heavy (non-hydrogen) atoms. The minimum atomic E-state index is -0.416. The molecule has 0 atom stereocenters. The maximum Gasteiger partial charge on any atom is 0.135 e. The Morgan fingerprint density at radius 1 is 0.500 bits per heavy atom. The molecule has 380 valence electrons. The number of nitrogens with zero attached hydrogens (tertiary/aromatic N) is 4. The maximum atomic E-state index is 7.20. The molecular weight excluding hydrogens is 1080 g/mol. The van der Waals surface area contributed by atoms with Crippen molar-refractivity contribution < 1.29 is 25.8 Å². The zero-order valence-electron chi connectivity index (χ0n) is 45.3. The normalized spacial score (nSPS) is 13.6. The van der Waals surface area contributed by atoms with E-state index < -0.39 is 5.41 Å². The molecule has 0 N–H and O–H groups in total. The van der Waals surface area contributed by atoms with E-state index in [1.54, 1.807) is 0 Å². The first-order chi connectivity index (χ1) is 34.6. The summed E-state index contributed by atoms with van der Waals surface area (Å²) >= 11 is 0. The van der Waals surface area contributed by atoms with Crippen LogP contribution in [0.25, 0.3) is 38.8 Å². The van der Waals surface area contributed by atoms with Gasteiger partial charge < -0.3 is 19.1 Å². The van der Waals surface area contributed by atoms with Crippen LogP contribution in [-0.2, 0) is 42.7 Å². The summed E-state index contributed by atoms with van der Waals surface area (Å²) in [6, 6.07) is 66.7. The van der Waals surface area contributed by atoms with Crippen LogP contribution in [-0.4, -0.2) is 9.55 Å². The summed E-state index contributed by atoms with van der Waals surface area (Å²) in [7, 11) is 0. The molecule has 0 saturated carbocycles. The standard InChI is InChI=1S/C68H69N4O.Pt/c1-64(2,3)50-33-34-69-62(40-50)72-59-32-24-23-31-57(59)63-58(68(12,13)49-29-21-16-22-30-49)42-56(43-60(63)72)73-55-39-51(65(4,5)6)37-53(41-55)70-44-61(66(7,8)9)71(45-70)54-36-47(46-25-17-14-18-26-46)35-52(38-54)67(10,11)48-27-19-15-20-28-48;/h14-40,42,44-45H,1-13H3;/q-3;. The number of allylic oxidation sites excluding steroid dienone is 1. The van der Waals surface area contributed by atoms with Gasteiger partial charge in [-0.15, -0.1) is 53.8 Å². The van der Waals surface area contributed by atoms with Gasteiger partial charge in [0.1, 0.15) is 5.82 Å². The second-order valence-electron chi connectivity index (χ2n) is 24.0. The second-order valence-corrected chi connectivity index (χ2v) is 24.0. The van der Waals surface area contributed by atoms with E-state index in [2.05, 4.69) is 293 Å². The summed E-state index contributed by atoms with van der Waals surface area (Å²) in [5, 5.41) is 2.28. The summed E-state index contributed by atoms with van der Waals surface area (Å²) in [6.07, 6.45) is 4.20. The third kappa shape index (κ3) is 10.0. The van der Waals surface area contributed by atoms with Crippen molar-refractivity contribution in [2.24, 2.45) is 5.41 Å². The van der Waals surface area contributed by atoms with E-state index in [-0.39, 0.29) is 42.7 Å². The zero-order chi connectivity index (χ0) is 51.7. The third-order valence-corrected chi connectivity index (χ3v) is 14.9. The first kappa shape index (κ1) is 52.2. The molecule has 0 aliphatic carbocycles. The van der Waals surface area contributed by atoms with Crippen molar-refractivity contribution >= 4 is 33.2 Å². The first-order valence-corrected chi connectivity index (χ1v) is 25.8. The van der Waals surface area contributed by atoms with Crippen molar-refractivity contribution in [3.63, 3.8) is 0 Å². The van der Waals surface area contributed by atoms with Gasteiger partial charge in [-0.1, -0.05) is 216 Å². The molecule has 9 aromatic rings. The topological polar surface area (TPSA) is 33.5 Å². The van der Waals surface area contributed by atoms with Crippen molar-refractivity contribution in [2.45, 2.75) is 112 Å². The van der Waals surface area contributed by atoms with E-state index >= 15 is 0 Å². The molecule has 10 rings (SSSR count). The van der Waals surface area contributed by atoms with Crippen molar-refractivity contribution in [2.75, 3.05) is 9.80 Å². The van der Waals surface area contributed by atoms with Crippen LogP contribution in [0, 0.1) is 24.2 Å². The number of para-hydroxylation sites is 1. The number of hydrogen-bond donors (Lipinski definition) is 0. The van der Waals surface area contributed by atoms with Crippen molar-refractivity contribution in [3.8, 4) is 28.4 Å². The Morgan fingerprint density at radius 3 is 1.73 bits per heavy atom. The van der Waals surface area contributed by atoms with Gasteiger partial charge in [0.15, 0.2) is 0 Å². The second kappa shape index (κ2) is 19.5. The number of rotatable bonds is 10. The fourth-order valence-corrected chi connectivity index (χ4v) is 10.3. The van der Waals surface area contributed by atoms with Crippen molar-refractivity contribution in [1.29, 1.82) is 0 Å². The van der Waals surface area contributed by atoms with Gasteiger partial charge in [0, 0.05) is 66.5 Å². The Morgan fingerprint density at radius 2 is 1.09 bits per heavy atom. The fourth-order valence-electron chi connectivity index (χ4n) is 10.3. The summed E-state index contributed by atoms with van der Waals surface area (Å²) in [6.45, 7) is 31.9. The average molecular weight is 1150 g/mol. The van der Waals surface area contributed by atoms with E-state index in [1.165, 1.54) is 39.1 Å². The number of aromatic nitrogens is 2. The van der Waals surface area contributed by atoms with Gasteiger partial charge in [0.05, 0.1) is 0 Å². The van der Waals surface area contributed by atoms with Crippen LogP contribution in [0.15, 0.2) is 182 Å². The Hall–Kier alpha value is -6.68. The van der Waals surface area contributed by atoms with Crippen molar-refractivity contribution in [3.05, 3.63) is 234 Å². The summed E-state index contributed by atoms with van der Waals surface area (Å²) < 4.78 is 9.47. The molecule has 6 heteroatoms.